The van der Waals surface area contributed by atoms with Crippen LogP contribution < -0.4 is 20.3 Å². The van der Waals surface area contributed by atoms with Crippen LogP contribution in [0.15, 0.2) is 48.5 Å². The summed E-state index contributed by atoms with van der Waals surface area (Å²) < 4.78 is 18.5. The molecule has 26 heavy (non-hydrogen) atoms. The highest BCUT2D eigenvalue weighted by molar-refractivity contribution is 6.02. The summed E-state index contributed by atoms with van der Waals surface area (Å²) >= 11 is 0. The van der Waals surface area contributed by atoms with Crippen LogP contribution in [-0.4, -0.2) is 31.1 Å². The molecule has 2 aromatic carbocycles. The summed E-state index contributed by atoms with van der Waals surface area (Å²) in [7, 11) is 0. The minimum absolute atomic E-state index is 0.218. The summed E-state index contributed by atoms with van der Waals surface area (Å²) in [5.74, 6) is -0.0110. The number of para-hydroxylation sites is 2. The quantitative estimate of drug-likeness (QED) is 0.864. The largest absolute Gasteiger partial charge is 0.492 e. The lowest BCUT2D eigenvalue weighted by Gasteiger charge is -2.18. The number of hydrogen-bond acceptors (Lipinski definition) is 3. The number of carbonyl (C=O) groups excluding carboxylic acids is 2. The average molecular weight is 357 g/mol. The molecule has 1 atom stereocenters. The summed E-state index contributed by atoms with van der Waals surface area (Å²) in [6, 6.07) is 11.7. The van der Waals surface area contributed by atoms with Crippen LogP contribution in [0.1, 0.15) is 13.3 Å². The fourth-order valence-corrected chi connectivity index (χ4v) is 2.86. The highest BCUT2D eigenvalue weighted by Gasteiger charge is 2.33. The van der Waals surface area contributed by atoms with E-state index in [1.54, 1.807) is 35.2 Å². The molecule has 3 rings (SSSR count). The molecule has 0 spiro atoms. The topological polar surface area (TPSA) is 70.7 Å². The van der Waals surface area contributed by atoms with Crippen molar-refractivity contribution in [3.05, 3.63) is 54.3 Å². The molecule has 136 valence electrons. The van der Waals surface area contributed by atoms with Crippen molar-refractivity contribution in [2.45, 2.75) is 19.4 Å². The van der Waals surface area contributed by atoms with Crippen LogP contribution in [0.5, 0.6) is 5.75 Å². The zero-order valence-electron chi connectivity index (χ0n) is 14.4. The Morgan fingerprint density at radius 1 is 1.23 bits per heavy atom. The van der Waals surface area contributed by atoms with Gasteiger partial charge in [-0.05, 0) is 49.7 Å². The van der Waals surface area contributed by atoms with Crippen molar-refractivity contribution < 1.29 is 18.7 Å². The smallest absolute Gasteiger partial charge is 0.319 e. The number of nitrogens with one attached hydrogen (secondary N) is 2. The van der Waals surface area contributed by atoms with Gasteiger partial charge in [-0.3, -0.25) is 4.79 Å². The Kier molecular flexibility index (Phi) is 5.36. The molecule has 6 nitrogen and oxygen atoms in total. The van der Waals surface area contributed by atoms with Gasteiger partial charge in [0.1, 0.15) is 17.6 Å². The maximum atomic E-state index is 13.0. The van der Waals surface area contributed by atoms with E-state index in [0.717, 1.165) is 0 Å². The zero-order chi connectivity index (χ0) is 18.5. The van der Waals surface area contributed by atoms with Crippen molar-refractivity contribution >= 4 is 23.3 Å². The van der Waals surface area contributed by atoms with Gasteiger partial charge in [-0.15, -0.1) is 0 Å². The van der Waals surface area contributed by atoms with Crippen molar-refractivity contribution in [1.82, 2.24) is 5.32 Å². The molecule has 0 saturated carbocycles. The molecule has 1 fully saturated rings. The van der Waals surface area contributed by atoms with Crippen LogP contribution in [0.3, 0.4) is 0 Å². The fraction of sp³-hybridized carbons (Fsp3) is 0.263. The van der Waals surface area contributed by atoms with Crippen LogP contribution in [0, 0.1) is 5.82 Å². The van der Waals surface area contributed by atoms with Crippen LogP contribution in [0.4, 0.5) is 20.6 Å². The number of nitrogens with zero attached hydrogens (tertiary/aromatic N) is 1. The van der Waals surface area contributed by atoms with Gasteiger partial charge in [0, 0.05) is 12.2 Å². The first-order valence-electron chi connectivity index (χ1n) is 8.44. The van der Waals surface area contributed by atoms with E-state index in [1.165, 1.54) is 12.1 Å². The van der Waals surface area contributed by atoms with Gasteiger partial charge in [0.25, 0.3) is 0 Å². The number of halogens is 1. The zero-order valence-corrected chi connectivity index (χ0v) is 14.4. The molecule has 1 saturated heterocycles. The Morgan fingerprint density at radius 2 is 1.96 bits per heavy atom. The molecule has 3 amide bonds. The van der Waals surface area contributed by atoms with Gasteiger partial charge in [-0.2, -0.15) is 0 Å². The highest BCUT2D eigenvalue weighted by Crippen LogP contribution is 2.24. The predicted molar refractivity (Wildman–Crippen MR) is 96.9 cm³/mol. The molecule has 0 aromatic heterocycles. The number of amides is 3. The summed E-state index contributed by atoms with van der Waals surface area (Å²) in [5, 5.41) is 5.40. The molecule has 1 aliphatic heterocycles. The normalized spacial score (nSPS) is 16.5. The lowest BCUT2D eigenvalue weighted by molar-refractivity contribution is -0.118. The van der Waals surface area contributed by atoms with Crippen molar-refractivity contribution in [3.8, 4) is 5.75 Å². The number of anilines is 2. The molecule has 0 aliphatic carbocycles. The number of benzene rings is 2. The summed E-state index contributed by atoms with van der Waals surface area (Å²) in [6.07, 6.45) is 0.483. The predicted octanol–water partition coefficient (Wildman–Crippen LogP) is 3.15. The van der Waals surface area contributed by atoms with Crippen molar-refractivity contribution in [2.24, 2.45) is 0 Å². The molecule has 1 heterocycles. The van der Waals surface area contributed by atoms with Crippen molar-refractivity contribution in [3.63, 3.8) is 0 Å². The van der Waals surface area contributed by atoms with Crippen LogP contribution >= 0.6 is 0 Å². The maximum Gasteiger partial charge on any atom is 0.319 e. The third kappa shape index (κ3) is 3.93. The van der Waals surface area contributed by atoms with Crippen molar-refractivity contribution in [1.29, 1.82) is 0 Å². The number of rotatable bonds is 5. The number of ether oxygens (including phenoxy) is 1. The van der Waals surface area contributed by atoms with E-state index in [0.29, 0.717) is 36.7 Å². The SMILES string of the molecule is CCOc1ccccc1NC(=O)N[C@@H]1CCN(c2ccc(F)cc2)C1=O. The van der Waals surface area contributed by atoms with Crippen LogP contribution in [-0.2, 0) is 4.79 Å². The monoisotopic (exact) mass is 357 g/mol. The molecule has 0 bridgehead atoms. The Bertz CT molecular complexity index is 795. The summed E-state index contributed by atoms with van der Waals surface area (Å²) in [5.41, 5.74) is 1.15. The third-order valence-electron chi connectivity index (χ3n) is 4.08. The number of hydrogen-bond donors (Lipinski definition) is 2. The van der Waals surface area contributed by atoms with E-state index in [9.17, 15) is 14.0 Å². The van der Waals surface area contributed by atoms with Crippen molar-refractivity contribution in [2.75, 3.05) is 23.4 Å². The Balaban J connectivity index is 1.62. The number of urea groups is 1. The minimum Gasteiger partial charge on any atom is -0.492 e. The number of carbonyl (C=O) groups is 2. The average Bonchev–Trinajstić information content (AvgIpc) is 2.98. The van der Waals surface area contributed by atoms with E-state index < -0.39 is 12.1 Å². The first kappa shape index (κ1) is 17.7. The lowest BCUT2D eigenvalue weighted by Crippen LogP contribution is -2.43. The molecule has 7 heteroatoms. The van der Waals surface area contributed by atoms with Gasteiger partial charge in [0.05, 0.1) is 12.3 Å². The van der Waals surface area contributed by atoms with Crippen LogP contribution in [0.2, 0.25) is 0 Å². The van der Waals surface area contributed by atoms with Gasteiger partial charge in [-0.1, -0.05) is 12.1 Å². The molecule has 0 radical (unpaired) electrons. The fourth-order valence-electron chi connectivity index (χ4n) is 2.86. The minimum atomic E-state index is -0.626. The second kappa shape index (κ2) is 7.86. The Hall–Kier alpha value is -3.09. The third-order valence-corrected chi connectivity index (χ3v) is 4.08. The van der Waals surface area contributed by atoms with Gasteiger partial charge in [0.2, 0.25) is 5.91 Å². The molecular formula is C19H20FN3O3. The van der Waals surface area contributed by atoms with Gasteiger partial charge >= 0.3 is 6.03 Å². The molecule has 2 aromatic rings. The summed E-state index contributed by atoms with van der Waals surface area (Å²) in [6.45, 7) is 2.80. The van der Waals surface area contributed by atoms with Crippen LogP contribution in [0.25, 0.3) is 0 Å². The molecule has 1 aliphatic rings. The standard InChI is InChI=1S/C19H20FN3O3/c1-2-26-17-6-4-3-5-15(17)21-19(25)22-16-11-12-23(18(16)24)14-9-7-13(20)8-10-14/h3-10,16H,2,11-12H2,1H3,(H2,21,22,25)/t16-/m1/s1. The molecule has 2 N–H and O–H groups in total. The lowest BCUT2D eigenvalue weighted by atomic mass is 10.2. The van der Waals surface area contributed by atoms with E-state index in [4.69, 9.17) is 4.74 Å². The first-order valence-corrected chi connectivity index (χ1v) is 8.44. The Labute approximate surface area is 150 Å². The van der Waals surface area contributed by atoms with Gasteiger partial charge < -0.3 is 20.3 Å². The van der Waals surface area contributed by atoms with E-state index >= 15 is 0 Å². The molecular weight excluding hydrogens is 337 g/mol. The van der Waals surface area contributed by atoms with E-state index in [1.807, 2.05) is 13.0 Å². The second-order valence-electron chi connectivity index (χ2n) is 5.84. The first-order chi connectivity index (χ1) is 12.6. The molecule has 0 unspecified atom stereocenters. The van der Waals surface area contributed by atoms with Gasteiger partial charge in [0.15, 0.2) is 0 Å². The van der Waals surface area contributed by atoms with Gasteiger partial charge in [-0.25, -0.2) is 9.18 Å². The highest BCUT2D eigenvalue weighted by atomic mass is 19.1. The second-order valence-corrected chi connectivity index (χ2v) is 5.84. The summed E-state index contributed by atoms with van der Waals surface area (Å²) in [4.78, 5) is 26.3. The Morgan fingerprint density at radius 3 is 2.69 bits per heavy atom. The van der Waals surface area contributed by atoms with E-state index in [2.05, 4.69) is 10.6 Å². The van der Waals surface area contributed by atoms with E-state index in [-0.39, 0.29) is 11.7 Å². The maximum absolute atomic E-state index is 13.0.